The Kier molecular flexibility index (Phi) is 3.79. The molecule has 4 aromatic rings. The van der Waals surface area contributed by atoms with Crippen molar-refractivity contribution in [3.05, 3.63) is 36.1 Å². The van der Waals surface area contributed by atoms with Crippen LogP contribution in [0.15, 0.2) is 30.3 Å². The van der Waals surface area contributed by atoms with E-state index in [1.807, 2.05) is 11.6 Å². The number of aromatic nitrogens is 8. The normalized spacial score (nSPS) is 22.1. The molecule has 0 amide bonds. The van der Waals surface area contributed by atoms with Crippen LogP contribution in [0.1, 0.15) is 45.4 Å². The molecule has 0 aromatic carbocycles. The molecule has 4 aromatic heterocycles. The quantitative estimate of drug-likeness (QED) is 0.539. The van der Waals surface area contributed by atoms with Crippen LogP contribution in [0.4, 0.5) is 5.82 Å². The van der Waals surface area contributed by atoms with Crippen LogP contribution >= 0.6 is 11.3 Å². The molecule has 0 radical (unpaired) electrons. The number of nitrogens with one attached hydrogen (secondary N) is 1. The molecule has 10 heteroatoms. The highest BCUT2D eigenvalue weighted by molar-refractivity contribution is 7.13. The predicted molar refractivity (Wildman–Crippen MR) is 113 cm³/mol. The van der Waals surface area contributed by atoms with Gasteiger partial charge >= 0.3 is 0 Å². The second-order valence-electron chi connectivity index (χ2n) is 7.78. The molecule has 2 atom stereocenters. The molecule has 6 heterocycles. The first kappa shape index (κ1) is 17.7. The number of thiazole rings is 1. The Morgan fingerprint density at radius 3 is 3.00 bits per heavy atom. The van der Waals surface area contributed by atoms with Gasteiger partial charge in [-0.05, 0) is 25.7 Å². The van der Waals surface area contributed by atoms with Crippen LogP contribution in [-0.2, 0) is 5.54 Å². The maximum atomic E-state index is 5.09. The number of fused-ring (bicyclic) bond motifs is 6. The van der Waals surface area contributed by atoms with E-state index in [4.69, 9.17) is 9.97 Å². The molecule has 2 aliphatic heterocycles. The van der Waals surface area contributed by atoms with Crippen molar-refractivity contribution in [1.82, 2.24) is 39.9 Å². The Morgan fingerprint density at radius 1 is 1.27 bits per heavy atom. The first-order valence-electron chi connectivity index (χ1n) is 10.3. The highest BCUT2D eigenvalue weighted by Crippen LogP contribution is 2.51. The van der Waals surface area contributed by atoms with Gasteiger partial charge in [0, 0.05) is 17.6 Å². The van der Waals surface area contributed by atoms with Gasteiger partial charge in [0.15, 0.2) is 17.5 Å². The minimum Gasteiger partial charge on any atom is -0.339 e. The summed E-state index contributed by atoms with van der Waals surface area (Å²) in [6.07, 6.45) is 11.4. The number of hydrogen-bond acceptors (Lipinski definition) is 8. The van der Waals surface area contributed by atoms with Gasteiger partial charge < -0.3 is 4.90 Å². The minimum atomic E-state index is -0.176. The van der Waals surface area contributed by atoms with Crippen LogP contribution in [0.3, 0.4) is 0 Å². The molecular weight excluding hydrogens is 398 g/mol. The first-order valence-corrected chi connectivity index (χ1v) is 11.2. The van der Waals surface area contributed by atoms with Crippen molar-refractivity contribution in [1.29, 1.82) is 0 Å². The lowest BCUT2D eigenvalue weighted by molar-refractivity contribution is 0.371. The number of nitrogens with zero attached hydrogens (tertiary/aromatic N) is 8. The number of hydrogen-bond donors (Lipinski definition) is 1. The van der Waals surface area contributed by atoms with Crippen LogP contribution in [-0.4, -0.2) is 46.0 Å². The van der Waals surface area contributed by atoms with E-state index >= 15 is 0 Å². The summed E-state index contributed by atoms with van der Waals surface area (Å²) < 4.78 is 2.06. The lowest BCUT2D eigenvalue weighted by Gasteiger charge is -2.44. The van der Waals surface area contributed by atoms with Crippen molar-refractivity contribution in [2.45, 2.75) is 51.1 Å². The summed E-state index contributed by atoms with van der Waals surface area (Å²) in [5.74, 6) is 2.59. The van der Waals surface area contributed by atoms with Gasteiger partial charge in [0.2, 0.25) is 0 Å². The average Bonchev–Trinajstić information content (AvgIpc) is 3.57. The Bertz CT molecular complexity index is 1210. The zero-order valence-electron chi connectivity index (χ0n) is 16.8. The molecule has 2 aliphatic rings. The van der Waals surface area contributed by atoms with Crippen molar-refractivity contribution in [3.8, 4) is 27.8 Å². The summed E-state index contributed by atoms with van der Waals surface area (Å²) >= 11 is 1.56. The molecule has 30 heavy (non-hydrogen) atoms. The summed E-state index contributed by atoms with van der Waals surface area (Å²) in [5, 5.41) is 18.9. The largest absolute Gasteiger partial charge is 0.339 e. The van der Waals surface area contributed by atoms with Crippen molar-refractivity contribution >= 4 is 17.2 Å². The lowest BCUT2D eigenvalue weighted by atomic mass is 9.90. The summed E-state index contributed by atoms with van der Waals surface area (Å²) in [6.45, 7) is 4.47. The molecule has 0 aliphatic carbocycles. The van der Waals surface area contributed by atoms with Gasteiger partial charge in [0.05, 0.1) is 18.0 Å². The van der Waals surface area contributed by atoms with E-state index < -0.39 is 0 Å². The maximum absolute atomic E-state index is 5.09. The van der Waals surface area contributed by atoms with Crippen molar-refractivity contribution in [2.24, 2.45) is 0 Å². The number of aromatic amines is 1. The molecule has 1 fully saturated rings. The van der Waals surface area contributed by atoms with Gasteiger partial charge in [0.25, 0.3) is 0 Å². The lowest BCUT2D eigenvalue weighted by Crippen LogP contribution is -2.50. The van der Waals surface area contributed by atoms with Gasteiger partial charge in [0.1, 0.15) is 28.3 Å². The summed E-state index contributed by atoms with van der Waals surface area (Å²) in [7, 11) is 0. The van der Waals surface area contributed by atoms with E-state index in [1.165, 1.54) is 0 Å². The third-order valence-electron chi connectivity index (χ3n) is 6.50. The molecule has 9 nitrogen and oxygen atoms in total. The van der Waals surface area contributed by atoms with E-state index in [1.54, 1.807) is 30.1 Å². The van der Waals surface area contributed by atoms with Crippen LogP contribution < -0.4 is 4.90 Å². The highest BCUT2D eigenvalue weighted by Gasteiger charge is 2.53. The maximum Gasteiger partial charge on any atom is 0.165 e. The second kappa shape index (κ2) is 6.43. The van der Waals surface area contributed by atoms with E-state index in [0.29, 0.717) is 11.9 Å². The molecule has 6 rings (SSSR count). The van der Waals surface area contributed by atoms with Crippen LogP contribution in [0.25, 0.3) is 27.8 Å². The SMILES string of the molecule is CC[C@@H]1CC[C@@]2(CC)c3nncn3-c3cnc(-c4cn[nH]c4-c4nccs4)nc3N12. The summed E-state index contributed by atoms with van der Waals surface area (Å²) in [5.41, 5.74) is 2.46. The van der Waals surface area contributed by atoms with Gasteiger partial charge in [-0.3, -0.25) is 9.67 Å². The number of anilines is 1. The zero-order chi connectivity index (χ0) is 20.3. The second-order valence-corrected chi connectivity index (χ2v) is 8.67. The fraction of sp³-hybridized carbons (Fsp3) is 0.400. The average molecular weight is 420 g/mol. The third kappa shape index (κ3) is 2.22. The van der Waals surface area contributed by atoms with E-state index in [0.717, 1.165) is 59.3 Å². The van der Waals surface area contributed by atoms with Crippen molar-refractivity contribution in [2.75, 3.05) is 4.90 Å². The van der Waals surface area contributed by atoms with Crippen LogP contribution in [0.2, 0.25) is 0 Å². The fourth-order valence-electron chi connectivity index (χ4n) is 5.03. The first-order chi connectivity index (χ1) is 14.8. The monoisotopic (exact) mass is 419 g/mol. The Labute approximate surface area is 177 Å². The Balaban J connectivity index is 1.56. The zero-order valence-corrected chi connectivity index (χ0v) is 17.6. The van der Waals surface area contributed by atoms with Crippen LogP contribution in [0, 0.1) is 0 Å². The predicted octanol–water partition coefficient (Wildman–Crippen LogP) is 3.57. The van der Waals surface area contributed by atoms with E-state index in [-0.39, 0.29) is 5.54 Å². The van der Waals surface area contributed by atoms with Crippen molar-refractivity contribution in [3.63, 3.8) is 0 Å². The number of H-pyrrole nitrogens is 1. The summed E-state index contributed by atoms with van der Waals surface area (Å²) in [6, 6.07) is 0.416. The number of rotatable bonds is 4. The smallest absolute Gasteiger partial charge is 0.165 e. The van der Waals surface area contributed by atoms with Gasteiger partial charge in [-0.1, -0.05) is 13.8 Å². The third-order valence-corrected chi connectivity index (χ3v) is 7.29. The highest BCUT2D eigenvalue weighted by atomic mass is 32.1. The fourth-order valence-corrected chi connectivity index (χ4v) is 5.68. The van der Waals surface area contributed by atoms with E-state index in [2.05, 4.69) is 48.7 Å². The molecule has 0 unspecified atom stereocenters. The molecule has 0 saturated carbocycles. The van der Waals surface area contributed by atoms with Gasteiger partial charge in [-0.25, -0.2) is 15.0 Å². The van der Waals surface area contributed by atoms with Gasteiger partial charge in [-0.15, -0.1) is 21.5 Å². The minimum absolute atomic E-state index is 0.176. The van der Waals surface area contributed by atoms with Gasteiger partial charge in [-0.2, -0.15) is 5.10 Å². The molecule has 1 N–H and O–H groups in total. The summed E-state index contributed by atoms with van der Waals surface area (Å²) in [4.78, 5) is 16.7. The molecular formula is C20H21N9S. The molecule has 1 saturated heterocycles. The molecule has 0 bridgehead atoms. The Morgan fingerprint density at radius 2 is 2.20 bits per heavy atom. The molecule has 152 valence electrons. The van der Waals surface area contributed by atoms with Crippen LogP contribution in [0.5, 0.6) is 0 Å². The Hall–Kier alpha value is -3.14. The van der Waals surface area contributed by atoms with Crippen molar-refractivity contribution < 1.29 is 0 Å². The molecule has 0 spiro atoms. The van der Waals surface area contributed by atoms with E-state index in [9.17, 15) is 0 Å². The topological polar surface area (TPSA) is 101 Å². The standard InChI is InChI=1S/C20H21N9S/c1-3-12-5-6-20(4-2)19-27-24-11-28(19)14-10-22-16(25-17(14)29(12)20)13-9-23-26-15(13)18-21-7-8-30-18/h7-12H,3-6H2,1-2H3,(H,23,26)/t12-,20+/m1/s1.